The molecule has 0 N–H and O–H groups in total. The summed E-state index contributed by atoms with van der Waals surface area (Å²) in [5.41, 5.74) is 0.795. The van der Waals surface area contributed by atoms with Crippen molar-refractivity contribution in [2.45, 2.75) is 63.8 Å². The zero-order chi connectivity index (χ0) is 18.8. The van der Waals surface area contributed by atoms with Crippen LogP contribution in [0.15, 0.2) is 42.5 Å². The lowest BCUT2D eigenvalue weighted by Gasteiger charge is -2.19. The van der Waals surface area contributed by atoms with Crippen LogP contribution in [0.25, 0.3) is 0 Å². The average molecular weight is 360 g/mol. The molecule has 2 rings (SSSR count). The summed E-state index contributed by atoms with van der Waals surface area (Å²) < 4.78 is 16.1. The van der Waals surface area contributed by atoms with Crippen LogP contribution in [0.5, 0.6) is 0 Å². The van der Waals surface area contributed by atoms with Crippen molar-refractivity contribution in [2.24, 2.45) is 0 Å². The summed E-state index contributed by atoms with van der Waals surface area (Å²) in [5, 5.41) is 0. The number of carbonyl (C=O) groups excluding carboxylic acids is 2. The second-order valence-electron chi connectivity index (χ2n) is 6.61. The minimum atomic E-state index is -0.687. The van der Waals surface area contributed by atoms with Gasteiger partial charge in [-0.1, -0.05) is 42.8 Å². The molecule has 1 aliphatic rings. The molecule has 1 aliphatic heterocycles. The van der Waals surface area contributed by atoms with Crippen molar-refractivity contribution in [3.05, 3.63) is 48.0 Å². The van der Waals surface area contributed by atoms with Gasteiger partial charge in [0.25, 0.3) is 0 Å². The van der Waals surface area contributed by atoms with E-state index >= 15 is 0 Å². The molecule has 0 fully saturated rings. The second kappa shape index (κ2) is 10.8. The summed E-state index contributed by atoms with van der Waals surface area (Å²) in [6.07, 6.45) is 8.00. The van der Waals surface area contributed by atoms with Crippen LogP contribution in [-0.4, -0.2) is 31.3 Å². The molecule has 1 aromatic carbocycles. The molecule has 1 heterocycles. The number of esters is 2. The normalized spacial score (nSPS) is 18.8. The third kappa shape index (κ3) is 6.64. The number of methoxy groups -OCH3 is 1. The molecule has 0 amide bonds. The van der Waals surface area contributed by atoms with Crippen LogP contribution in [0, 0.1) is 0 Å². The molecule has 142 valence electrons. The van der Waals surface area contributed by atoms with Crippen LogP contribution >= 0.6 is 0 Å². The Morgan fingerprint density at radius 3 is 2.69 bits per heavy atom. The van der Waals surface area contributed by atoms with Gasteiger partial charge < -0.3 is 14.2 Å². The first kappa shape index (κ1) is 20.2. The maximum Gasteiger partial charge on any atom is 0.340 e. The van der Waals surface area contributed by atoms with Gasteiger partial charge in [-0.2, -0.15) is 0 Å². The number of benzene rings is 1. The molecular weight excluding hydrogens is 332 g/mol. The number of rotatable bonds is 10. The summed E-state index contributed by atoms with van der Waals surface area (Å²) in [4.78, 5) is 23.5. The first-order valence-electron chi connectivity index (χ1n) is 9.25. The fraction of sp³-hybridized carbons (Fsp3) is 0.524. The third-order valence-electron chi connectivity index (χ3n) is 4.44. The molecule has 5 nitrogen and oxygen atoms in total. The van der Waals surface area contributed by atoms with Gasteiger partial charge in [0.1, 0.15) is 6.10 Å². The minimum absolute atomic E-state index is 0.0103. The fourth-order valence-corrected chi connectivity index (χ4v) is 3.04. The summed E-state index contributed by atoms with van der Waals surface area (Å²) in [6.45, 7) is 1.91. The van der Waals surface area contributed by atoms with Gasteiger partial charge >= 0.3 is 11.9 Å². The summed E-state index contributed by atoms with van der Waals surface area (Å²) in [6, 6.07) is 9.35. The monoisotopic (exact) mass is 360 g/mol. The van der Waals surface area contributed by atoms with Gasteiger partial charge in [0.05, 0.1) is 6.10 Å². The minimum Gasteiger partial charge on any atom is -0.460 e. The topological polar surface area (TPSA) is 61.8 Å². The molecule has 26 heavy (non-hydrogen) atoms. The highest BCUT2D eigenvalue weighted by Gasteiger charge is 2.23. The van der Waals surface area contributed by atoms with Crippen molar-refractivity contribution < 1.29 is 23.8 Å². The molecule has 0 saturated carbocycles. The molecule has 5 heteroatoms. The van der Waals surface area contributed by atoms with E-state index in [4.69, 9.17) is 14.2 Å². The highest BCUT2D eigenvalue weighted by atomic mass is 16.6. The van der Waals surface area contributed by atoms with Crippen molar-refractivity contribution in [1.29, 1.82) is 0 Å². The van der Waals surface area contributed by atoms with Crippen LogP contribution in [0.2, 0.25) is 0 Å². The fourth-order valence-electron chi connectivity index (χ4n) is 3.04. The molecule has 1 aromatic rings. The van der Waals surface area contributed by atoms with Crippen LogP contribution in [0.1, 0.15) is 57.1 Å². The first-order chi connectivity index (χ1) is 12.6. The highest BCUT2D eigenvalue weighted by Crippen LogP contribution is 2.20. The van der Waals surface area contributed by atoms with Crippen LogP contribution in [0.4, 0.5) is 0 Å². The lowest BCUT2D eigenvalue weighted by molar-refractivity contribution is -0.161. The van der Waals surface area contributed by atoms with E-state index < -0.39 is 6.10 Å². The Balaban J connectivity index is 1.63. The standard InChI is InChI=1S/C21H28O5/c1-16(10-5-3-8-13-18-14-9-15-19(22)26-18)25-21(23)20(24-2)17-11-6-4-7-12-17/h4,6-7,9,11-12,15-16,18,20H,3,5,8,10,13-14H2,1-2H3/t16-,18-,20-/m1/s1. The van der Waals surface area contributed by atoms with Gasteiger partial charge in [0.2, 0.25) is 0 Å². The van der Waals surface area contributed by atoms with Crippen molar-refractivity contribution in [2.75, 3.05) is 7.11 Å². The number of hydrogen-bond donors (Lipinski definition) is 0. The highest BCUT2D eigenvalue weighted by molar-refractivity contribution is 5.82. The maximum absolute atomic E-state index is 12.3. The Kier molecular flexibility index (Phi) is 8.35. The zero-order valence-corrected chi connectivity index (χ0v) is 15.6. The Hall–Kier alpha value is -2.14. The molecular formula is C21H28O5. The summed E-state index contributed by atoms with van der Waals surface area (Å²) in [7, 11) is 1.51. The van der Waals surface area contributed by atoms with E-state index in [2.05, 4.69) is 0 Å². The molecule has 0 unspecified atom stereocenters. The Morgan fingerprint density at radius 1 is 1.23 bits per heavy atom. The van der Waals surface area contributed by atoms with Gasteiger partial charge in [-0.25, -0.2) is 9.59 Å². The average Bonchev–Trinajstić information content (AvgIpc) is 2.63. The van der Waals surface area contributed by atoms with Crippen molar-refractivity contribution in [1.82, 2.24) is 0 Å². The quantitative estimate of drug-likeness (QED) is 0.464. The largest absolute Gasteiger partial charge is 0.460 e. The van der Waals surface area contributed by atoms with E-state index in [0.29, 0.717) is 0 Å². The Labute approximate surface area is 155 Å². The van der Waals surface area contributed by atoms with Crippen molar-refractivity contribution in [3.8, 4) is 0 Å². The predicted octanol–water partition coefficient (Wildman–Crippen LogP) is 4.13. The second-order valence-corrected chi connectivity index (χ2v) is 6.61. The number of cyclic esters (lactones) is 1. The molecule has 0 aliphatic carbocycles. The van der Waals surface area contributed by atoms with Crippen LogP contribution in [0.3, 0.4) is 0 Å². The van der Waals surface area contributed by atoms with E-state index in [-0.39, 0.29) is 24.1 Å². The first-order valence-corrected chi connectivity index (χ1v) is 9.25. The SMILES string of the molecule is CO[C@@H](C(=O)O[C@H](C)CCCCC[C@@H]1CC=CC(=O)O1)c1ccccc1. The molecule has 0 spiro atoms. The van der Waals surface area contributed by atoms with Crippen LogP contribution in [-0.2, 0) is 23.8 Å². The Morgan fingerprint density at radius 2 is 2.00 bits per heavy atom. The molecule has 0 aromatic heterocycles. The number of unbranched alkanes of at least 4 members (excludes halogenated alkanes) is 2. The molecule has 0 radical (unpaired) electrons. The third-order valence-corrected chi connectivity index (χ3v) is 4.44. The van der Waals surface area contributed by atoms with E-state index in [0.717, 1.165) is 44.1 Å². The van der Waals surface area contributed by atoms with Gasteiger partial charge in [-0.3, -0.25) is 0 Å². The number of carbonyl (C=O) groups is 2. The number of ether oxygens (including phenoxy) is 3. The van der Waals surface area contributed by atoms with Gasteiger partial charge in [-0.05, 0) is 38.2 Å². The molecule has 0 saturated heterocycles. The lowest BCUT2D eigenvalue weighted by atomic mass is 10.0. The predicted molar refractivity (Wildman–Crippen MR) is 98.5 cm³/mol. The molecule has 0 bridgehead atoms. The maximum atomic E-state index is 12.3. The number of hydrogen-bond acceptors (Lipinski definition) is 5. The molecule has 3 atom stereocenters. The smallest absolute Gasteiger partial charge is 0.340 e. The van der Waals surface area contributed by atoms with Gasteiger partial charge in [0, 0.05) is 19.6 Å². The lowest BCUT2D eigenvalue weighted by Crippen LogP contribution is -2.22. The van der Waals surface area contributed by atoms with Gasteiger partial charge in [-0.15, -0.1) is 0 Å². The zero-order valence-electron chi connectivity index (χ0n) is 15.6. The van der Waals surface area contributed by atoms with E-state index in [1.807, 2.05) is 43.3 Å². The summed E-state index contributed by atoms with van der Waals surface area (Å²) in [5.74, 6) is -0.597. The van der Waals surface area contributed by atoms with Crippen molar-refractivity contribution in [3.63, 3.8) is 0 Å². The van der Waals surface area contributed by atoms with Crippen molar-refractivity contribution >= 4 is 11.9 Å². The van der Waals surface area contributed by atoms with E-state index in [1.165, 1.54) is 13.2 Å². The van der Waals surface area contributed by atoms with E-state index in [1.54, 1.807) is 0 Å². The van der Waals surface area contributed by atoms with Crippen LogP contribution < -0.4 is 0 Å². The van der Waals surface area contributed by atoms with Gasteiger partial charge in [0.15, 0.2) is 6.10 Å². The summed E-state index contributed by atoms with van der Waals surface area (Å²) >= 11 is 0. The van der Waals surface area contributed by atoms with E-state index in [9.17, 15) is 9.59 Å². The Bertz CT molecular complexity index is 596.